The largest absolute Gasteiger partial charge is 0.492 e. The van der Waals surface area contributed by atoms with Crippen LogP contribution in [0, 0.1) is 0 Å². The number of carboxylic acids is 1. The number of unbranched alkanes of at least 4 members (excludes halogenated alkanes) is 1. The van der Waals surface area contributed by atoms with Crippen LogP contribution in [-0.2, 0) is 16.6 Å². The van der Waals surface area contributed by atoms with Crippen LogP contribution in [0.5, 0.6) is 5.75 Å². The summed E-state index contributed by atoms with van der Waals surface area (Å²) in [6, 6.07) is 11.0. The molecule has 0 radical (unpaired) electrons. The topological polar surface area (TPSA) is 49.8 Å². The van der Waals surface area contributed by atoms with E-state index in [0.717, 1.165) is 79.6 Å². The summed E-state index contributed by atoms with van der Waals surface area (Å²) in [5.74, 6) is 1.09. The Bertz CT molecular complexity index is 1060. The van der Waals surface area contributed by atoms with Crippen LogP contribution in [0.15, 0.2) is 30.3 Å². The number of carbonyl (C=O) groups is 1. The van der Waals surface area contributed by atoms with Gasteiger partial charge in [-0.15, -0.1) is 12.4 Å². The summed E-state index contributed by atoms with van der Waals surface area (Å²) >= 11 is 13.4. The highest BCUT2D eigenvalue weighted by molar-refractivity contribution is 6.36. The summed E-state index contributed by atoms with van der Waals surface area (Å²) in [5.41, 5.74) is 5.02. The molecule has 1 N–H and O–H groups in total. The predicted molar refractivity (Wildman–Crippen MR) is 144 cm³/mol. The molecule has 2 fully saturated rings. The number of aryl methyl sites for hydroxylation is 1. The third-order valence-corrected chi connectivity index (χ3v) is 8.71. The van der Waals surface area contributed by atoms with Gasteiger partial charge in [-0.25, -0.2) is 0 Å². The van der Waals surface area contributed by atoms with Crippen molar-refractivity contribution in [3.05, 3.63) is 62.6 Å². The number of likely N-dealkylation sites (tertiary alicyclic amines) is 1. The zero-order chi connectivity index (χ0) is 23.9. The number of fused-ring (bicyclic) bond motifs is 2. The molecule has 2 aliphatic heterocycles. The Morgan fingerprint density at radius 2 is 1.86 bits per heavy atom. The van der Waals surface area contributed by atoms with E-state index in [2.05, 4.69) is 42.2 Å². The molecule has 2 heterocycles. The van der Waals surface area contributed by atoms with E-state index in [-0.39, 0.29) is 24.2 Å². The van der Waals surface area contributed by atoms with Crippen molar-refractivity contribution in [3.63, 3.8) is 0 Å². The zero-order valence-electron chi connectivity index (χ0n) is 20.2. The second kappa shape index (κ2) is 10.9. The second-order valence-electron chi connectivity index (χ2n) is 10.3. The molecule has 1 spiro atoms. The zero-order valence-corrected chi connectivity index (χ0v) is 22.5. The van der Waals surface area contributed by atoms with E-state index in [0.29, 0.717) is 18.4 Å². The fourth-order valence-corrected chi connectivity index (χ4v) is 6.70. The fraction of sp³-hybridized carbons (Fsp3) is 0.536. The minimum absolute atomic E-state index is 0. The van der Waals surface area contributed by atoms with E-state index >= 15 is 0 Å². The first-order valence-corrected chi connectivity index (χ1v) is 13.3. The number of carboxylic acid groups (broad SMARTS) is 1. The number of rotatable bonds is 8. The SMILES string of the molecule is CCCCc1cc(Cl)c(C2CC2c2ccc3c(c2)OCC32CCN(CCC(=O)O)CC2)c(Cl)c1.Cl. The first-order valence-electron chi connectivity index (χ1n) is 12.6. The molecular formula is C28H34Cl3NO3. The van der Waals surface area contributed by atoms with E-state index in [9.17, 15) is 4.79 Å². The third kappa shape index (κ3) is 5.46. The fourth-order valence-electron chi connectivity index (χ4n) is 5.89. The molecule has 1 saturated heterocycles. The molecular weight excluding hydrogens is 505 g/mol. The lowest BCUT2D eigenvalue weighted by Gasteiger charge is -2.38. The minimum atomic E-state index is -0.726. The number of ether oxygens (including phenoxy) is 1. The van der Waals surface area contributed by atoms with Gasteiger partial charge in [0, 0.05) is 27.6 Å². The van der Waals surface area contributed by atoms with Crippen LogP contribution < -0.4 is 4.74 Å². The maximum atomic E-state index is 10.9. The molecule has 7 heteroatoms. The number of benzene rings is 2. The molecule has 2 aromatic carbocycles. The molecule has 35 heavy (non-hydrogen) atoms. The van der Waals surface area contributed by atoms with Crippen molar-refractivity contribution in [2.45, 2.75) is 69.1 Å². The van der Waals surface area contributed by atoms with Gasteiger partial charge in [0.15, 0.2) is 0 Å². The number of halogens is 3. The first kappa shape index (κ1) is 26.6. The van der Waals surface area contributed by atoms with Gasteiger partial charge in [0.25, 0.3) is 0 Å². The van der Waals surface area contributed by atoms with Crippen LogP contribution in [0.1, 0.15) is 79.5 Å². The van der Waals surface area contributed by atoms with Crippen LogP contribution in [0.25, 0.3) is 0 Å². The lowest BCUT2D eigenvalue weighted by molar-refractivity contribution is -0.137. The second-order valence-corrected chi connectivity index (χ2v) is 11.1. The summed E-state index contributed by atoms with van der Waals surface area (Å²) in [6.45, 7) is 5.40. The van der Waals surface area contributed by atoms with Crippen LogP contribution in [-0.4, -0.2) is 42.2 Å². The van der Waals surface area contributed by atoms with Crippen molar-refractivity contribution in [2.75, 3.05) is 26.2 Å². The quantitative estimate of drug-likeness (QED) is 0.385. The Hall–Kier alpha value is -1.46. The maximum Gasteiger partial charge on any atom is 0.304 e. The third-order valence-electron chi connectivity index (χ3n) is 8.08. The molecule has 190 valence electrons. The first-order chi connectivity index (χ1) is 16.4. The Balaban J connectivity index is 0.00000289. The van der Waals surface area contributed by atoms with E-state index in [4.69, 9.17) is 33.0 Å². The molecule has 4 nitrogen and oxygen atoms in total. The van der Waals surface area contributed by atoms with Gasteiger partial charge in [-0.1, -0.05) is 48.7 Å². The standard InChI is InChI=1S/C28H33Cl2NO3.ClH/c1-2-3-4-18-13-23(29)27(24(30)14-18)21-16-20(21)19-5-6-22-25(15-19)34-17-28(22)8-11-31(12-9-28)10-7-26(32)33;/h5-6,13-15,20-21H,2-4,7-12,16-17H2,1H3,(H,32,33);1H. The van der Waals surface area contributed by atoms with Crippen molar-refractivity contribution < 1.29 is 14.6 Å². The molecule has 2 aromatic rings. The van der Waals surface area contributed by atoms with Crippen LogP contribution in [0.2, 0.25) is 10.0 Å². The van der Waals surface area contributed by atoms with Gasteiger partial charge in [-0.05, 0) is 91.9 Å². The average molecular weight is 539 g/mol. The van der Waals surface area contributed by atoms with Crippen molar-refractivity contribution in [1.82, 2.24) is 4.90 Å². The van der Waals surface area contributed by atoms with Gasteiger partial charge in [-0.2, -0.15) is 0 Å². The van der Waals surface area contributed by atoms with E-state index in [1.807, 2.05) is 0 Å². The highest BCUT2D eigenvalue weighted by Crippen LogP contribution is 2.59. The van der Waals surface area contributed by atoms with Crippen molar-refractivity contribution in [2.24, 2.45) is 0 Å². The van der Waals surface area contributed by atoms with Crippen LogP contribution in [0.3, 0.4) is 0 Å². The number of hydrogen-bond donors (Lipinski definition) is 1. The number of nitrogens with zero attached hydrogens (tertiary/aromatic N) is 1. The van der Waals surface area contributed by atoms with Crippen LogP contribution in [0.4, 0.5) is 0 Å². The number of hydrogen-bond acceptors (Lipinski definition) is 3. The summed E-state index contributed by atoms with van der Waals surface area (Å²) in [6.07, 6.45) is 6.63. The smallest absolute Gasteiger partial charge is 0.304 e. The molecule has 0 bridgehead atoms. The summed E-state index contributed by atoms with van der Waals surface area (Å²) in [5, 5.41) is 10.6. The molecule has 0 amide bonds. The van der Waals surface area contributed by atoms with Gasteiger partial charge >= 0.3 is 5.97 Å². The van der Waals surface area contributed by atoms with Gasteiger partial charge < -0.3 is 14.7 Å². The molecule has 0 aromatic heterocycles. The Kier molecular flexibility index (Phi) is 8.27. The van der Waals surface area contributed by atoms with Gasteiger partial charge in [-0.3, -0.25) is 4.79 Å². The molecule has 2 atom stereocenters. The molecule has 1 aliphatic carbocycles. The predicted octanol–water partition coefficient (Wildman–Crippen LogP) is 7.23. The number of aliphatic carboxylic acids is 1. The van der Waals surface area contributed by atoms with Crippen molar-refractivity contribution in [3.8, 4) is 5.75 Å². The summed E-state index contributed by atoms with van der Waals surface area (Å²) < 4.78 is 6.22. The Morgan fingerprint density at radius 3 is 2.51 bits per heavy atom. The highest BCUT2D eigenvalue weighted by atomic mass is 35.5. The average Bonchev–Trinajstić information content (AvgIpc) is 3.52. The van der Waals surface area contributed by atoms with Crippen LogP contribution >= 0.6 is 35.6 Å². The molecule has 1 saturated carbocycles. The van der Waals surface area contributed by atoms with Gasteiger partial charge in [0.05, 0.1) is 13.0 Å². The maximum absolute atomic E-state index is 10.9. The minimum Gasteiger partial charge on any atom is -0.492 e. The molecule has 3 aliphatic rings. The summed E-state index contributed by atoms with van der Waals surface area (Å²) in [4.78, 5) is 13.2. The Labute approximate surface area is 224 Å². The van der Waals surface area contributed by atoms with Gasteiger partial charge in [0.1, 0.15) is 5.75 Å². The lowest BCUT2D eigenvalue weighted by Crippen LogP contribution is -2.44. The van der Waals surface area contributed by atoms with Crippen molar-refractivity contribution in [1.29, 1.82) is 0 Å². The normalized spacial score (nSPS) is 22.4. The monoisotopic (exact) mass is 537 g/mol. The lowest BCUT2D eigenvalue weighted by atomic mass is 9.74. The van der Waals surface area contributed by atoms with Crippen molar-refractivity contribution >= 4 is 41.6 Å². The van der Waals surface area contributed by atoms with Gasteiger partial charge in [0.2, 0.25) is 0 Å². The highest BCUT2D eigenvalue weighted by Gasteiger charge is 2.45. The summed E-state index contributed by atoms with van der Waals surface area (Å²) in [7, 11) is 0. The molecule has 5 rings (SSSR count). The number of piperidine rings is 1. The van der Waals surface area contributed by atoms with E-state index in [1.165, 1.54) is 16.7 Å². The van der Waals surface area contributed by atoms with E-state index < -0.39 is 5.97 Å². The van der Waals surface area contributed by atoms with E-state index in [1.54, 1.807) is 0 Å². The Morgan fingerprint density at radius 1 is 1.14 bits per heavy atom. The molecule has 2 unspecified atom stereocenters.